The summed E-state index contributed by atoms with van der Waals surface area (Å²) in [4.78, 5) is 11.0. The van der Waals surface area contributed by atoms with Crippen molar-refractivity contribution in [1.82, 2.24) is 0 Å². The number of hydrogen-bond donors (Lipinski definition) is 2. The van der Waals surface area contributed by atoms with Gasteiger partial charge in [-0.3, -0.25) is 4.79 Å². The van der Waals surface area contributed by atoms with E-state index in [1.165, 1.54) is 25.7 Å². The van der Waals surface area contributed by atoms with Crippen LogP contribution in [0.1, 0.15) is 58.8 Å². The normalized spacial score (nSPS) is 27.7. The van der Waals surface area contributed by atoms with E-state index in [0.29, 0.717) is 12.5 Å². The van der Waals surface area contributed by atoms with Crippen molar-refractivity contribution in [3.8, 4) is 0 Å². The molecule has 18 heavy (non-hydrogen) atoms. The summed E-state index contributed by atoms with van der Waals surface area (Å²) >= 11 is 0. The zero-order valence-corrected chi connectivity index (χ0v) is 11.8. The lowest BCUT2D eigenvalue weighted by Gasteiger charge is -2.27. The minimum absolute atomic E-state index is 0.426. The van der Waals surface area contributed by atoms with Crippen LogP contribution in [0.4, 0.5) is 0 Å². The molecule has 0 heterocycles. The Bertz CT molecular complexity index is 267. The number of nitrogens with two attached hydrogens (primary N) is 2. The van der Waals surface area contributed by atoms with Crippen LogP contribution in [0.2, 0.25) is 0 Å². The molecule has 0 aromatic rings. The SMILES string of the molecule is CC1CCCC(OCCCCC(C)(N)C(N)=O)C1. The van der Waals surface area contributed by atoms with E-state index >= 15 is 0 Å². The molecular weight excluding hydrogens is 228 g/mol. The number of amides is 1. The van der Waals surface area contributed by atoms with Crippen molar-refractivity contribution < 1.29 is 9.53 Å². The van der Waals surface area contributed by atoms with Gasteiger partial charge in [-0.25, -0.2) is 0 Å². The molecule has 0 aromatic carbocycles. The molecular formula is C14H28N2O2. The first kappa shape index (κ1) is 15.4. The summed E-state index contributed by atoms with van der Waals surface area (Å²) in [5.41, 5.74) is 10.1. The van der Waals surface area contributed by atoms with Crippen LogP contribution in [-0.4, -0.2) is 24.2 Å². The fourth-order valence-corrected chi connectivity index (χ4v) is 2.50. The lowest BCUT2D eigenvalue weighted by molar-refractivity contribution is -0.122. The molecule has 1 aliphatic carbocycles. The average Bonchev–Trinajstić information content (AvgIpc) is 2.28. The van der Waals surface area contributed by atoms with Gasteiger partial charge in [0, 0.05) is 6.61 Å². The highest BCUT2D eigenvalue weighted by Crippen LogP contribution is 2.25. The van der Waals surface area contributed by atoms with Crippen LogP contribution in [0, 0.1) is 5.92 Å². The van der Waals surface area contributed by atoms with Crippen LogP contribution < -0.4 is 11.5 Å². The molecule has 1 rings (SSSR count). The third-order valence-corrected chi connectivity index (χ3v) is 3.90. The molecule has 3 atom stereocenters. The topological polar surface area (TPSA) is 78.3 Å². The summed E-state index contributed by atoms with van der Waals surface area (Å²) in [5.74, 6) is 0.371. The molecule has 0 bridgehead atoms. The molecule has 1 aliphatic rings. The van der Waals surface area contributed by atoms with E-state index < -0.39 is 11.4 Å². The lowest BCUT2D eigenvalue weighted by atomic mass is 9.89. The van der Waals surface area contributed by atoms with Crippen LogP contribution in [0.15, 0.2) is 0 Å². The fourth-order valence-electron chi connectivity index (χ4n) is 2.50. The number of rotatable bonds is 7. The van der Waals surface area contributed by atoms with Gasteiger partial charge in [-0.1, -0.05) is 19.8 Å². The van der Waals surface area contributed by atoms with Crippen molar-refractivity contribution in [2.24, 2.45) is 17.4 Å². The van der Waals surface area contributed by atoms with Crippen LogP contribution in [-0.2, 0) is 9.53 Å². The van der Waals surface area contributed by atoms with Gasteiger partial charge in [-0.15, -0.1) is 0 Å². The van der Waals surface area contributed by atoms with E-state index in [1.54, 1.807) is 6.92 Å². The second-order valence-electron chi connectivity index (χ2n) is 6.00. The van der Waals surface area contributed by atoms with Crippen molar-refractivity contribution in [3.63, 3.8) is 0 Å². The monoisotopic (exact) mass is 256 g/mol. The lowest BCUT2D eigenvalue weighted by Crippen LogP contribution is -2.49. The molecule has 0 aliphatic heterocycles. The Labute approximate surface area is 110 Å². The van der Waals surface area contributed by atoms with Crippen LogP contribution in [0.3, 0.4) is 0 Å². The molecule has 0 saturated heterocycles. The molecule has 0 radical (unpaired) electrons. The molecule has 1 amide bonds. The molecule has 4 heteroatoms. The average molecular weight is 256 g/mol. The number of hydrogen-bond acceptors (Lipinski definition) is 3. The molecule has 0 aromatic heterocycles. The number of primary amides is 1. The Balaban J connectivity index is 2.06. The van der Waals surface area contributed by atoms with Crippen molar-refractivity contribution in [2.75, 3.05) is 6.61 Å². The van der Waals surface area contributed by atoms with Gasteiger partial charge in [0.1, 0.15) is 0 Å². The summed E-state index contributed by atoms with van der Waals surface area (Å²) in [6.45, 7) is 4.76. The zero-order valence-electron chi connectivity index (χ0n) is 11.8. The summed E-state index contributed by atoms with van der Waals surface area (Å²) in [6.07, 6.45) is 7.92. The minimum Gasteiger partial charge on any atom is -0.378 e. The molecule has 4 N–H and O–H groups in total. The molecule has 4 nitrogen and oxygen atoms in total. The molecule has 0 spiro atoms. The fraction of sp³-hybridized carbons (Fsp3) is 0.929. The third kappa shape index (κ3) is 5.36. The maximum absolute atomic E-state index is 11.0. The molecule has 1 fully saturated rings. The van der Waals surface area contributed by atoms with Gasteiger partial charge in [0.05, 0.1) is 11.6 Å². The van der Waals surface area contributed by atoms with E-state index in [9.17, 15) is 4.79 Å². The Hall–Kier alpha value is -0.610. The van der Waals surface area contributed by atoms with E-state index in [-0.39, 0.29) is 0 Å². The van der Waals surface area contributed by atoms with Gasteiger partial charge >= 0.3 is 0 Å². The summed E-state index contributed by atoms with van der Waals surface area (Å²) in [6, 6.07) is 0. The summed E-state index contributed by atoms with van der Waals surface area (Å²) in [7, 11) is 0. The van der Waals surface area contributed by atoms with Crippen LogP contribution in [0.25, 0.3) is 0 Å². The minimum atomic E-state index is -0.876. The van der Waals surface area contributed by atoms with Crippen molar-refractivity contribution in [2.45, 2.75) is 70.4 Å². The first-order valence-corrected chi connectivity index (χ1v) is 7.12. The van der Waals surface area contributed by atoms with Gasteiger partial charge in [0.15, 0.2) is 0 Å². The Kier molecular flexibility index (Phi) is 6.09. The van der Waals surface area contributed by atoms with Crippen molar-refractivity contribution in [1.29, 1.82) is 0 Å². The Morgan fingerprint density at radius 2 is 2.11 bits per heavy atom. The van der Waals surface area contributed by atoms with Gasteiger partial charge in [-0.05, 0) is 44.9 Å². The Morgan fingerprint density at radius 1 is 1.39 bits per heavy atom. The third-order valence-electron chi connectivity index (χ3n) is 3.90. The highest BCUT2D eigenvalue weighted by Gasteiger charge is 2.24. The van der Waals surface area contributed by atoms with Gasteiger partial charge in [-0.2, -0.15) is 0 Å². The molecule has 1 saturated carbocycles. The van der Waals surface area contributed by atoms with Gasteiger partial charge in [0.25, 0.3) is 0 Å². The highest BCUT2D eigenvalue weighted by molar-refractivity contribution is 5.83. The van der Waals surface area contributed by atoms with E-state index in [2.05, 4.69) is 6.92 Å². The standard InChI is InChI=1S/C14H28N2O2/c1-11-6-5-7-12(10-11)18-9-4-3-8-14(2,16)13(15)17/h11-12H,3-10,16H2,1-2H3,(H2,15,17). The zero-order chi connectivity index (χ0) is 13.6. The summed E-state index contributed by atoms with van der Waals surface area (Å²) in [5, 5.41) is 0. The maximum Gasteiger partial charge on any atom is 0.237 e. The number of carbonyl (C=O) groups is 1. The molecule has 106 valence electrons. The quantitative estimate of drug-likeness (QED) is 0.683. The van der Waals surface area contributed by atoms with Crippen LogP contribution in [0.5, 0.6) is 0 Å². The van der Waals surface area contributed by atoms with E-state index in [1.807, 2.05) is 0 Å². The highest BCUT2D eigenvalue weighted by atomic mass is 16.5. The Morgan fingerprint density at radius 3 is 2.72 bits per heavy atom. The van der Waals surface area contributed by atoms with Gasteiger partial charge < -0.3 is 16.2 Å². The van der Waals surface area contributed by atoms with E-state index in [4.69, 9.17) is 16.2 Å². The molecule has 3 unspecified atom stereocenters. The number of unbranched alkanes of at least 4 members (excludes halogenated alkanes) is 1. The predicted octanol–water partition coefficient (Wildman–Crippen LogP) is 1.95. The largest absolute Gasteiger partial charge is 0.378 e. The maximum atomic E-state index is 11.0. The first-order chi connectivity index (χ1) is 8.42. The van der Waals surface area contributed by atoms with Crippen molar-refractivity contribution in [3.05, 3.63) is 0 Å². The van der Waals surface area contributed by atoms with E-state index in [0.717, 1.165) is 25.4 Å². The second-order valence-corrected chi connectivity index (χ2v) is 6.00. The van der Waals surface area contributed by atoms with Crippen LogP contribution >= 0.6 is 0 Å². The summed E-state index contributed by atoms with van der Waals surface area (Å²) < 4.78 is 5.87. The smallest absolute Gasteiger partial charge is 0.237 e. The predicted molar refractivity (Wildman–Crippen MR) is 73.0 cm³/mol. The second kappa shape index (κ2) is 7.10. The number of carbonyl (C=O) groups excluding carboxylic acids is 1. The van der Waals surface area contributed by atoms with Gasteiger partial charge in [0.2, 0.25) is 5.91 Å². The number of ether oxygens (including phenoxy) is 1. The van der Waals surface area contributed by atoms with Crippen molar-refractivity contribution >= 4 is 5.91 Å². The first-order valence-electron chi connectivity index (χ1n) is 7.12.